The molecule has 2 rings (SSSR count). The molecule has 0 atom stereocenters. The molecule has 16 heavy (non-hydrogen) atoms. The molecule has 0 bridgehead atoms. The highest BCUT2D eigenvalue weighted by Crippen LogP contribution is 2.21. The van der Waals surface area contributed by atoms with Crippen LogP contribution in [0.5, 0.6) is 0 Å². The van der Waals surface area contributed by atoms with Gasteiger partial charge in [-0.05, 0) is 55.4 Å². The van der Waals surface area contributed by atoms with E-state index < -0.39 is 0 Å². The molecule has 2 nitrogen and oxygen atoms in total. The highest BCUT2D eigenvalue weighted by molar-refractivity contribution is 7.99. The van der Waals surface area contributed by atoms with Crippen LogP contribution in [0.4, 0.5) is 0 Å². The number of nitrogens with one attached hydrogen (secondary N) is 1. The number of pyridine rings is 1. The van der Waals surface area contributed by atoms with Crippen molar-refractivity contribution >= 4 is 11.8 Å². The molecule has 1 saturated heterocycles. The predicted molar refractivity (Wildman–Crippen MR) is 70.7 cm³/mol. The van der Waals surface area contributed by atoms with E-state index in [-0.39, 0.29) is 0 Å². The second kappa shape index (κ2) is 6.26. The first-order valence-electron chi connectivity index (χ1n) is 6.05. The topological polar surface area (TPSA) is 24.9 Å². The van der Waals surface area contributed by atoms with Crippen LogP contribution in [-0.2, 0) is 6.54 Å². The van der Waals surface area contributed by atoms with Crippen LogP contribution in [-0.4, -0.2) is 23.0 Å². The molecule has 0 spiro atoms. The molecule has 0 radical (unpaired) electrons. The van der Waals surface area contributed by atoms with E-state index in [0.29, 0.717) is 0 Å². The average Bonchev–Trinajstić information content (AvgIpc) is 2.33. The second-order valence-electron chi connectivity index (χ2n) is 4.45. The summed E-state index contributed by atoms with van der Waals surface area (Å²) in [6.07, 6.45) is 4.62. The first-order valence-corrected chi connectivity index (χ1v) is 7.20. The summed E-state index contributed by atoms with van der Waals surface area (Å²) in [5, 5.41) is 3.54. The summed E-state index contributed by atoms with van der Waals surface area (Å²) in [5.74, 6) is 3.56. The van der Waals surface area contributed by atoms with Crippen LogP contribution < -0.4 is 5.32 Å². The first-order chi connectivity index (χ1) is 7.86. The van der Waals surface area contributed by atoms with E-state index in [0.717, 1.165) is 19.0 Å². The molecule has 0 amide bonds. The van der Waals surface area contributed by atoms with Crippen LogP contribution in [0.1, 0.15) is 24.1 Å². The molecule has 88 valence electrons. The van der Waals surface area contributed by atoms with Crippen molar-refractivity contribution in [3.63, 3.8) is 0 Å². The van der Waals surface area contributed by atoms with Gasteiger partial charge in [-0.25, -0.2) is 0 Å². The summed E-state index contributed by atoms with van der Waals surface area (Å²) >= 11 is 2.09. The number of hydrogen-bond acceptors (Lipinski definition) is 3. The fourth-order valence-electron chi connectivity index (χ4n) is 2.05. The maximum atomic E-state index is 4.39. The standard InChI is InChI=1S/C13H20N2S/c1-11-3-2-6-15-13(11)10-14-9-12-4-7-16-8-5-12/h2-3,6,12,14H,4-5,7-10H2,1H3. The molecule has 1 aliphatic rings. The average molecular weight is 236 g/mol. The van der Waals surface area contributed by atoms with Gasteiger partial charge < -0.3 is 5.32 Å². The van der Waals surface area contributed by atoms with E-state index in [2.05, 4.69) is 35.1 Å². The lowest BCUT2D eigenvalue weighted by molar-refractivity contribution is 0.446. The molecule has 1 aliphatic heterocycles. The Morgan fingerprint density at radius 3 is 3.00 bits per heavy atom. The normalized spacial score (nSPS) is 17.6. The molecule has 1 aromatic heterocycles. The van der Waals surface area contributed by atoms with Gasteiger partial charge in [-0.15, -0.1) is 0 Å². The number of thioether (sulfide) groups is 1. The fourth-order valence-corrected chi connectivity index (χ4v) is 3.25. The van der Waals surface area contributed by atoms with Crippen molar-refractivity contribution in [2.75, 3.05) is 18.1 Å². The van der Waals surface area contributed by atoms with Gasteiger partial charge in [0.05, 0.1) is 5.69 Å². The van der Waals surface area contributed by atoms with Gasteiger partial charge in [0.15, 0.2) is 0 Å². The van der Waals surface area contributed by atoms with Crippen molar-refractivity contribution < 1.29 is 0 Å². The van der Waals surface area contributed by atoms with E-state index in [1.165, 1.54) is 35.6 Å². The maximum absolute atomic E-state index is 4.39. The van der Waals surface area contributed by atoms with Crippen LogP contribution in [0.15, 0.2) is 18.3 Å². The molecule has 1 aromatic rings. The third-order valence-corrected chi connectivity index (χ3v) is 4.23. The lowest BCUT2D eigenvalue weighted by Gasteiger charge is -2.21. The van der Waals surface area contributed by atoms with Gasteiger partial charge in [0, 0.05) is 12.7 Å². The zero-order chi connectivity index (χ0) is 11.2. The Labute approximate surface area is 102 Å². The molecule has 1 N–H and O–H groups in total. The summed E-state index contributed by atoms with van der Waals surface area (Å²) in [6.45, 7) is 4.19. The number of nitrogens with zero attached hydrogens (tertiary/aromatic N) is 1. The number of aromatic nitrogens is 1. The van der Waals surface area contributed by atoms with Crippen LogP contribution >= 0.6 is 11.8 Å². The highest BCUT2D eigenvalue weighted by atomic mass is 32.2. The van der Waals surface area contributed by atoms with E-state index >= 15 is 0 Å². The van der Waals surface area contributed by atoms with Gasteiger partial charge in [-0.2, -0.15) is 11.8 Å². The molecule has 0 saturated carbocycles. The third kappa shape index (κ3) is 3.49. The van der Waals surface area contributed by atoms with Crippen molar-refractivity contribution in [2.45, 2.75) is 26.3 Å². The lowest BCUT2D eigenvalue weighted by Crippen LogP contribution is -2.25. The number of rotatable bonds is 4. The Hall–Kier alpha value is -0.540. The molecular formula is C13H20N2S. The van der Waals surface area contributed by atoms with Crippen LogP contribution in [0.3, 0.4) is 0 Å². The summed E-state index contributed by atoms with van der Waals surface area (Å²) in [7, 11) is 0. The minimum absolute atomic E-state index is 0.880. The Balaban J connectivity index is 1.73. The summed E-state index contributed by atoms with van der Waals surface area (Å²) in [6, 6.07) is 4.12. The highest BCUT2D eigenvalue weighted by Gasteiger charge is 2.12. The zero-order valence-electron chi connectivity index (χ0n) is 9.91. The van der Waals surface area contributed by atoms with Crippen molar-refractivity contribution in [3.05, 3.63) is 29.6 Å². The summed E-state index contributed by atoms with van der Waals surface area (Å²) in [5.41, 5.74) is 2.47. The first kappa shape index (κ1) is 11.9. The van der Waals surface area contributed by atoms with Crippen molar-refractivity contribution in [3.8, 4) is 0 Å². The summed E-state index contributed by atoms with van der Waals surface area (Å²) in [4.78, 5) is 4.39. The minimum Gasteiger partial charge on any atom is -0.311 e. The van der Waals surface area contributed by atoms with E-state index in [1.54, 1.807) is 0 Å². The summed E-state index contributed by atoms with van der Waals surface area (Å²) < 4.78 is 0. The number of aryl methyl sites for hydroxylation is 1. The molecule has 1 fully saturated rings. The van der Waals surface area contributed by atoms with Crippen molar-refractivity contribution in [1.82, 2.24) is 10.3 Å². The van der Waals surface area contributed by atoms with Gasteiger partial charge in [0.2, 0.25) is 0 Å². The molecule has 0 aromatic carbocycles. The van der Waals surface area contributed by atoms with Gasteiger partial charge in [-0.3, -0.25) is 4.98 Å². The maximum Gasteiger partial charge on any atom is 0.0570 e. The third-order valence-electron chi connectivity index (χ3n) is 3.18. The van der Waals surface area contributed by atoms with E-state index in [4.69, 9.17) is 0 Å². The molecule has 2 heterocycles. The number of hydrogen-bond donors (Lipinski definition) is 1. The van der Waals surface area contributed by atoms with Crippen LogP contribution in [0.25, 0.3) is 0 Å². The van der Waals surface area contributed by atoms with Crippen LogP contribution in [0.2, 0.25) is 0 Å². The fraction of sp³-hybridized carbons (Fsp3) is 0.615. The lowest BCUT2D eigenvalue weighted by atomic mass is 10.0. The Kier molecular flexibility index (Phi) is 4.67. The second-order valence-corrected chi connectivity index (χ2v) is 5.68. The zero-order valence-corrected chi connectivity index (χ0v) is 10.7. The van der Waals surface area contributed by atoms with Crippen molar-refractivity contribution in [2.24, 2.45) is 5.92 Å². The predicted octanol–water partition coefficient (Wildman–Crippen LogP) is 2.62. The quantitative estimate of drug-likeness (QED) is 0.870. The molecule has 0 unspecified atom stereocenters. The largest absolute Gasteiger partial charge is 0.311 e. The van der Waals surface area contributed by atoms with Crippen LogP contribution in [0, 0.1) is 12.8 Å². The van der Waals surface area contributed by atoms with Gasteiger partial charge in [-0.1, -0.05) is 6.07 Å². The smallest absolute Gasteiger partial charge is 0.0570 e. The minimum atomic E-state index is 0.880. The molecular weight excluding hydrogens is 216 g/mol. The Morgan fingerprint density at radius 1 is 1.44 bits per heavy atom. The van der Waals surface area contributed by atoms with Gasteiger partial charge in [0.1, 0.15) is 0 Å². The van der Waals surface area contributed by atoms with Gasteiger partial charge >= 0.3 is 0 Å². The van der Waals surface area contributed by atoms with Crippen molar-refractivity contribution in [1.29, 1.82) is 0 Å². The molecule has 3 heteroatoms. The van der Waals surface area contributed by atoms with Gasteiger partial charge in [0.25, 0.3) is 0 Å². The monoisotopic (exact) mass is 236 g/mol. The Morgan fingerprint density at radius 2 is 2.25 bits per heavy atom. The SMILES string of the molecule is Cc1cccnc1CNCC1CCSCC1. The van der Waals surface area contributed by atoms with E-state index in [9.17, 15) is 0 Å². The van der Waals surface area contributed by atoms with E-state index in [1.807, 2.05) is 12.3 Å². The Bertz CT molecular complexity index is 321. The molecule has 0 aliphatic carbocycles.